The number of nitrogens with one attached hydrogen (secondary N) is 1. The number of benzene rings is 2. The van der Waals surface area contributed by atoms with Gasteiger partial charge in [-0.2, -0.15) is 0 Å². The predicted octanol–water partition coefficient (Wildman–Crippen LogP) is 3.82. The number of anilines is 1. The van der Waals surface area contributed by atoms with Crippen LogP contribution in [0.3, 0.4) is 0 Å². The van der Waals surface area contributed by atoms with Crippen LogP contribution in [-0.2, 0) is 17.6 Å². The minimum atomic E-state index is 0.0631. The largest absolute Gasteiger partial charge is 0.326 e. The fraction of sp³-hybridized carbons (Fsp3) is 0.235. The van der Waals surface area contributed by atoms with E-state index in [-0.39, 0.29) is 5.91 Å². The molecule has 19 heavy (non-hydrogen) atoms. The van der Waals surface area contributed by atoms with E-state index in [4.69, 9.17) is 0 Å². The Morgan fingerprint density at radius 1 is 0.947 bits per heavy atom. The average Bonchev–Trinajstić information content (AvgIpc) is 2.47. The van der Waals surface area contributed by atoms with Crippen molar-refractivity contribution in [2.75, 3.05) is 5.32 Å². The molecule has 0 unspecified atom stereocenters. The van der Waals surface area contributed by atoms with E-state index in [2.05, 4.69) is 12.2 Å². The van der Waals surface area contributed by atoms with Gasteiger partial charge in [-0.25, -0.2) is 0 Å². The van der Waals surface area contributed by atoms with Crippen molar-refractivity contribution < 1.29 is 4.79 Å². The first-order chi connectivity index (χ1) is 9.28. The SMILES string of the molecule is CCc1ccc(NC(=O)CCc2ccccc2)cc1. The van der Waals surface area contributed by atoms with Gasteiger partial charge in [0.2, 0.25) is 5.91 Å². The standard InChI is InChI=1S/C17H19NO/c1-2-14-8-11-16(12-9-14)18-17(19)13-10-15-6-4-3-5-7-15/h3-9,11-12H,2,10,13H2,1H3,(H,18,19). The molecule has 0 aliphatic heterocycles. The van der Waals surface area contributed by atoms with Gasteiger partial charge in [-0.3, -0.25) is 4.79 Å². The second kappa shape index (κ2) is 6.74. The molecule has 0 aliphatic carbocycles. The zero-order valence-electron chi connectivity index (χ0n) is 11.2. The Morgan fingerprint density at radius 3 is 2.26 bits per heavy atom. The van der Waals surface area contributed by atoms with Gasteiger partial charge in [0.1, 0.15) is 0 Å². The normalized spacial score (nSPS) is 10.2. The first-order valence-electron chi connectivity index (χ1n) is 6.70. The van der Waals surface area contributed by atoms with E-state index < -0.39 is 0 Å². The summed E-state index contributed by atoms with van der Waals surface area (Å²) in [6, 6.07) is 18.1. The summed E-state index contributed by atoms with van der Waals surface area (Å²) in [7, 11) is 0. The molecule has 2 nitrogen and oxygen atoms in total. The van der Waals surface area contributed by atoms with Crippen LogP contribution in [0.25, 0.3) is 0 Å². The Kier molecular flexibility index (Phi) is 4.73. The molecule has 0 radical (unpaired) electrons. The van der Waals surface area contributed by atoms with Crippen molar-refractivity contribution in [1.29, 1.82) is 0 Å². The van der Waals surface area contributed by atoms with Crippen molar-refractivity contribution in [1.82, 2.24) is 0 Å². The van der Waals surface area contributed by atoms with Crippen molar-refractivity contribution in [3.05, 3.63) is 65.7 Å². The molecule has 2 aromatic rings. The van der Waals surface area contributed by atoms with E-state index in [1.807, 2.05) is 54.6 Å². The number of amides is 1. The zero-order chi connectivity index (χ0) is 13.5. The molecule has 2 aromatic carbocycles. The van der Waals surface area contributed by atoms with Gasteiger partial charge in [0.05, 0.1) is 0 Å². The van der Waals surface area contributed by atoms with Gasteiger partial charge in [-0.15, -0.1) is 0 Å². The topological polar surface area (TPSA) is 29.1 Å². The maximum absolute atomic E-state index is 11.8. The van der Waals surface area contributed by atoms with Crippen LogP contribution in [0.4, 0.5) is 5.69 Å². The molecular formula is C17H19NO. The van der Waals surface area contributed by atoms with Gasteiger partial charge in [0.15, 0.2) is 0 Å². The van der Waals surface area contributed by atoms with Gasteiger partial charge in [0.25, 0.3) is 0 Å². The van der Waals surface area contributed by atoms with Crippen LogP contribution in [0.1, 0.15) is 24.5 Å². The van der Waals surface area contributed by atoms with E-state index >= 15 is 0 Å². The van der Waals surface area contributed by atoms with Crippen LogP contribution >= 0.6 is 0 Å². The molecular weight excluding hydrogens is 234 g/mol. The molecule has 0 aliphatic rings. The van der Waals surface area contributed by atoms with Crippen molar-refractivity contribution >= 4 is 11.6 Å². The smallest absolute Gasteiger partial charge is 0.224 e. The van der Waals surface area contributed by atoms with E-state index in [0.717, 1.165) is 18.5 Å². The summed E-state index contributed by atoms with van der Waals surface area (Å²) in [6.45, 7) is 2.12. The highest BCUT2D eigenvalue weighted by Crippen LogP contribution is 2.11. The maximum Gasteiger partial charge on any atom is 0.224 e. The Morgan fingerprint density at radius 2 is 1.63 bits per heavy atom. The quantitative estimate of drug-likeness (QED) is 0.862. The first-order valence-corrected chi connectivity index (χ1v) is 6.70. The average molecular weight is 253 g/mol. The summed E-state index contributed by atoms with van der Waals surface area (Å²) < 4.78 is 0. The number of carbonyl (C=O) groups excluding carboxylic acids is 1. The fourth-order valence-electron chi connectivity index (χ4n) is 1.95. The van der Waals surface area contributed by atoms with Crippen LogP contribution in [0.15, 0.2) is 54.6 Å². The van der Waals surface area contributed by atoms with Gasteiger partial charge in [-0.1, -0.05) is 49.4 Å². The van der Waals surface area contributed by atoms with Crippen LogP contribution in [0, 0.1) is 0 Å². The maximum atomic E-state index is 11.8. The molecule has 0 bridgehead atoms. The third kappa shape index (κ3) is 4.25. The molecule has 98 valence electrons. The molecule has 0 heterocycles. The van der Waals surface area contributed by atoms with Crippen LogP contribution < -0.4 is 5.32 Å². The van der Waals surface area contributed by atoms with Crippen molar-refractivity contribution in [3.63, 3.8) is 0 Å². The third-order valence-electron chi connectivity index (χ3n) is 3.13. The van der Waals surface area contributed by atoms with Gasteiger partial charge in [0, 0.05) is 12.1 Å². The number of aryl methyl sites for hydroxylation is 2. The number of carbonyl (C=O) groups is 1. The summed E-state index contributed by atoms with van der Waals surface area (Å²) >= 11 is 0. The molecule has 2 heteroatoms. The lowest BCUT2D eigenvalue weighted by Crippen LogP contribution is -2.12. The molecule has 0 aromatic heterocycles. The highest BCUT2D eigenvalue weighted by Gasteiger charge is 2.03. The molecule has 0 fully saturated rings. The highest BCUT2D eigenvalue weighted by atomic mass is 16.1. The van der Waals surface area contributed by atoms with Gasteiger partial charge in [-0.05, 0) is 36.1 Å². The lowest BCUT2D eigenvalue weighted by Gasteiger charge is -2.06. The molecule has 0 spiro atoms. The summed E-state index contributed by atoms with van der Waals surface area (Å²) in [5, 5.41) is 2.92. The number of rotatable bonds is 5. The molecule has 0 saturated heterocycles. The van der Waals surface area contributed by atoms with E-state index in [9.17, 15) is 4.79 Å². The molecule has 2 rings (SSSR count). The Hall–Kier alpha value is -2.09. The lowest BCUT2D eigenvalue weighted by atomic mass is 10.1. The minimum Gasteiger partial charge on any atom is -0.326 e. The summed E-state index contributed by atoms with van der Waals surface area (Å²) in [6.07, 6.45) is 2.31. The summed E-state index contributed by atoms with van der Waals surface area (Å²) in [4.78, 5) is 11.8. The lowest BCUT2D eigenvalue weighted by molar-refractivity contribution is -0.116. The number of hydrogen-bond donors (Lipinski definition) is 1. The monoisotopic (exact) mass is 253 g/mol. The van der Waals surface area contributed by atoms with Gasteiger partial charge >= 0.3 is 0 Å². The van der Waals surface area contributed by atoms with Crippen molar-refractivity contribution in [3.8, 4) is 0 Å². The second-order valence-electron chi connectivity index (χ2n) is 4.58. The first kappa shape index (κ1) is 13.3. The minimum absolute atomic E-state index is 0.0631. The Bertz CT molecular complexity index is 517. The van der Waals surface area contributed by atoms with Crippen molar-refractivity contribution in [2.45, 2.75) is 26.2 Å². The zero-order valence-corrected chi connectivity index (χ0v) is 11.2. The van der Waals surface area contributed by atoms with Crippen molar-refractivity contribution in [2.24, 2.45) is 0 Å². The van der Waals surface area contributed by atoms with Crippen LogP contribution in [-0.4, -0.2) is 5.91 Å². The van der Waals surface area contributed by atoms with E-state index in [1.54, 1.807) is 0 Å². The number of hydrogen-bond acceptors (Lipinski definition) is 1. The molecule has 0 saturated carbocycles. The Balaban J connectivity index is 1.83. The predicted molar refractivity (Wildman–Crippen MR) is 79.2 cm³/mol. The fourth-order valence-corrected chi connectivity index (χ4v) is 1.95. The summed E-state index contributed by atoms with van der Waals surface area (Å²) in [5.74, 6) is 0.0631. The second-order valence-corrected chi connectivity index (χ2v) is 4.58. The summed E-state index contributed by atoms with van der Waals surface area (Å²) in [5.41, 5.74) is 3.34. The van der Waals surface area contributed by atoms with Crippen LogP contribution in [0.5, 0.6) is 0 Å². The highest BCUT2D eigenvalue weighted by molar-refractivity contribution is 5.90. The molecule has 1 amide bonds. The molecule has 0 atom stereocenters. The van der Waals surface area contributed by atoms with E-state index in [0.29, 0.717) is 6.42 Å². The van der Waals surface area contributed by atoms with Gasteiger partial charge < -0.3 is 5.32 Å². The molecule has 1 N–H and O–H groups in total. The van der Waals surface area contributed by atoms with Crippen LogP contribution in [0.2, 0.25) is 0 Å². The Labute approximate surface area is 114 Å². The third-order valence-corrected chi connectivity index (χ3v) is 3.13. The van der Waals surface area contributed by atoms with E-state index in [1.165, 1.54) is 11.1 Å².